The van der Waals surface area contributed by atoms with E-state index in [4.69, 9.17) is 33.7 Å². The molecule has 0 spiro atoms. The van der Waals surface area contributed by atoms with Gasteiger partial charge in [0.1, 0.15) is 0 Å². The molecule has 0 aromatic heterocycles. The largest absolute Gasteiger partial charge is 0.379 e. The minimum atomic E-state index is -0.275. The van der Waals surface area contributed by atoms with Crippen LogP contribution in [0.3, 0.4) is 0 Å². The Morgan fingerprint density at radius 3 is 2.84 bits per heavy atom. The number of halogens is 2. The van der Waals surface area contributed by atoms with E-state index in [0.717, 1.165) is 5.56 Å². The van der Waals surface area contributed by atoms with Gasteiger partial charge in [-0.15, -0.1) is 0 Å². The smallest absolute Gasteiger partial charge is 0.229 e. The number of carbonyl (C=O) groups excluding carboxylic acids is 1. The maximum absolute atomic E-state index is 12.2. The molecule has 4 nitrogen and oxygen atoms in total. The van der Waals surface area contributed by atoms with Crippen LogP contribution in [0.1, 0.15) is 5.56 Å². The fourth-order valence-corrected chi connectivity index (χ4v) is 2.49. The number of nitrogens with two attached hydrogens (primary N) is 1. The quantitative estimate of drug-likeness (QED) is 0.928. The van der Waals surface area contributed by atoms with Gasteiger partial charge < -0.3 is 15.4 Å². The average Bonchev–Trinajstić information content (AvgIpc) is 2.80. The third kappa shape index (κ3) is 3.20. The Bertz CT molecular complexity index is 482. The molecule has 2 rings (SSSR count). The van der Waals surface area contributed by atoms with Crippen LogP contribution in [-0.2, 0) is 16.1 Å². The number of hydrogen-bond donors (Lipinski definition) is 1. The molecule has 0 bridgehead atoms. The number of rotatable bonds is 3. The summed E-state index contributed by atoms with van der Waals surface area (Å²) in [5, 5.41) is 0.969. The second-order valence-corrected chi connectivity index (χ2v) is 5.50. The molecule has 2 unspecified atom stereocenters. The van der Waals surface area contributed by atoms with E-state index in [0.29, 0.717) is 29.8 Å². The van der Waals surface area contributed by atoms with Gasteiger partial charge in [-0.3, -0.25) is 4.79 Å². The van der Waals surface area contributed by atoms with E-state index in [1.165, 1.54) is 0 Å². The van der Waals surface area contributed by atoms with Crippen molar-refractivity contribution >= 4 is 29.1 Å². The predicted molar refractivity (Wildman–Crippen MR) is 75.2 cm³/mol. The summed E-state index contributed by atoms with van der Waals surface area (Å²) < 4.78 is 5.21. The summed E-state index contributed by atoms with van der Waals surface area (Å²) in [6.45, 7) is 1.22. The molecule has 2 atom stereocenters. The maximum Gasteiger partial charge on any atom is 0.229 e. The summed E-state index contributed by atoms with van der Waals surface area (Å²) >= 11 is 12.1. The minimum absolute atomic E-state index is 0.0268. The number of hydrogen-bond acceptors (Lipinski definition) is 3. The van der Waals surface area contributed by atoms with Crippen molar-refractivity contribution in [3.63, 3.8) is 0 Å². The first-order valence-corrected chi connectivity index (χ1v) is 6.77. The zero-order chi connectivity index (χ0) is 14.0. The normalized spacial score (nSPS) is 22.5. The molecule has 1 amide bonds. The molecule has 1 heterocycles. The third-order valence-corrected chi connectivity index (χ3v) is 4.12. The van der Waals surface area contributed by atoms with Gasteiger partial charge >= 0.3 is 0 Å². The average molecular weight is 303 g/mol. The maximum atomic E-state index is 12.2. The lowest BCUT2D eigenvalue weighted by molar-refractivity contribution is -0.135. The van der Waals surface area contributed by atoms with Crippen molar-refractivity contribution in [3.05, 3.63) is 33.8 Å². The van der Waals surface area contributed by atoms with E-state index in [9.17, 15) is 4.79 Å². The molecule has 104 valence electrons. The van der Waals surface area contributed by atoms with E-state index in [1.54, 1.807) is 18.0 Å². The molecular weight excluding hydrogens is 287 g/mol. The Kier molecular flexibility index (Phi) is 4.68. The van der Waals surface area contributed by atoms with Crippen molar-refractivity contribution in [1.82, 2.24) is 4.90 Å². The summed E-state index contributed by atoms with van der Waals surface area (Å²) in [4.78, 5) is 13.9. The zero-order valence-corrected chi connectivity index (χ0v) is 12.1. The van der Waals surface area contributed by atoms with Gasteiger partial charge in [0.15, 0.2) is 0 Å². The van der Waals surface area contributed by atoms with E-state index < -0.39 is 0 Å². The standard InChI is InChI=1S/C13H16Cl2N2O2/c1-17(13(18)9-6-19-7-11(9)16)5-8-3-2-4-10(14)12(8)15/h2-4,9,11H,5-7,16H2,1H3. The van der Waals surface area contributed by atoms with Crippen LogP contribution in [0.25, 0.3) is 0 Å². The molecule has 1 aliphatic rings. The first kappa shape index (κ1) is 14.6. The molecule has 6 heteroatoms. The van der Waals surface area contributed by atoms with Crippen LogP contribution in [0.5, 0.6) is 0 Å². The molecule has 1 aromatic carbocycles. The van der Waals surface area contributed by atoms with Gasteiger partial charge in [0.2, 0.25) is 5.91 Å². The van der Waals surface area contributed by atoms with Gasteiger partial charge in [0.05, 0.1) is 29.2 Å². The molecule has 0 aliphatic carbocycles. The van der Waals surface area contributed by atoms with Crippen LogP contribution in [0, 0.1) is 5.92 Å². The Morgan fingerprint density at radius 1 is 1.47 bits per heavy atom. The van der Waals surface area contributed by atoms with E-state index in [1.807, 2.05) is 12.1 Å². The van der Waals surface area contributed by atoms with Crippen LogP contribution in [-0.4, -0.2) is 37.1 Å². The van der Waals surface area contributed by atoms with Gasteiger partial charge in [0, 0.05) is 19.6 Å². The number of ether oxygens (including phenoxy) is 1. The second kappa shape index (κ2) is 6.09. The summed E-state index contributed by atoms with van der Waals surface area (Å²) in [6, 6.07) is 5.15. The van der Waals surface area contributed by atoms with Gasteiger partial charge in [-0.25, -0.2) is 0 Å². The van der Waals surface area contributed by atoms with Crippen LogP contribution in [0.15, 0.2) is 18.2 Å². The van der Waals surface area contributed by atoms with Crippen LogP contribution in [0.4, 0.5) is 0 Å². The Balaban J connectivity index is 2.06. The number of carbonyl (C=O) groups is 1. The topological polar surface area (TPSA) is 55.6 Å². The highest BCUT2D eigenvalue weighted by Crippen LogP contribution is 2.26. The molecule has 1 saturated heterocycles. The van der Waals surface area contributed by atoms with Crippen molar-refractivity contribution in [2.75, 3.05) is 20.3 Å². The zero-order valence-electron chi connectivity index (χ0n) is 10.6. The summed E-state index contributed by atoms with van der Waals surface area (Å²) in [6.07, 6.45) is 0. The highest BCUT2D eigenvalue weighted by molar-refractivity contribution is 6.42. The Labute approximate surface area is 122 Å². The first-order valence-electron chi connectivity index (χ1n) is 6.02. The van der Waals surface area contributed by atoms with Gasteiger partial charge in [-0.05, 0) is 11.6 Å². The van der Waals surface area contributed by atoms with Crippen molar-refractivity contribution in [1.29, 1.82) is 0 Å². The molecular formula is C13H16Cl2N2O2. The van der Waals surface area contributed by atoms with Gasteiger partial charge in [0.25, 0.3) is 0 Å². The molecule has 0 radical (unpaired) electrons. The predicted octanol–water partition coefficient (Wildman–Crippen LogP) is 1.93. The molecule has 2 N–H and O–H groups in total. The van der Waals surface area contributed by atoms with Gasteiger partial charge in [-0.1, -0.05) is 35.3 Å². The summed E-state index contributed by atoms with van der Waals surface area (Å²) in [5.74, 6) is -0.302. The molecule has 1 aromatic rings. The lowest BCUT2D eigenvalue weighted by atomic mass is 10.0. The summed E-state index contributed by atoms with van der Waals surface area (Å²) in [5.41, 5.74) is 6.66. The highest BCUT2D eigenvalue weighted by Gasteiger charge is 2.33. The monoisotopic (exact) mass is 302 g/mol. The van der Waals surface area contributed by atoms with E-state index in [-0.39, 0.29) is 17.9 Å². The first-order chi connectivity index (χ1) is 9.00. The number of nitrogens with zero attached hydrogens (tertiary/aromatic N) is 1. The third-order valence-electron chi connectivity index (χ3n) is 3.26. The Morgan fingerprint density at radius 2 is 2.21 bits per heavy atom. The molecule has 0 saturated carbocycles. The van der Waals surface area contributed by atoms with Crippen molar-refractivity contribution in [2.45, 2.75) is 12.6 Å². The fourth-order valence-electron chi connectivity index (χ4n) is 2.11. The lowest BCUT2D eigenvalue weighted by Crippen LogP contribution is -2.41. The fraction of sp³-hybridized carbons (Fsp3) is 0.462. The highest BCUT2D eigenvalue weighted by atomic mass is 35.5. The molecule has 1 fully saturated rings. The van der Waals surface area contributed by atoms with Crippen molar-refractivity contribution < 1.29 is 9.53 Å². The SMILES string of the molecule is CN(Cc1cccc(Cl)c1Cl)C(=O)C1COCC1N. The van der Waals surface area contributed by atoms with Crippen molar-refractivity contribution in [2.24, 2.45) is 11.7 Å². The second-order valence-electron chi connectivity index (χ2n) is 4.72. The van der Waals surface area contributed by atoms with E-state index in [2.05, 4.69) is 0 Å². The van der Waals surface area contributed by atoms with Crippen LogP contribution < -0.4 is 5.73 Å². The van der Waals surface area contributed by atoms with Gasteiger partial charge in [-0.2, -0.15) is 0 Å². The van der Waals surface area contributed by atoms with Crippen molar-refractivity contribution in [3.8, 4) is 0 Å². The lowest BCUT2D eigenvalue weighted by Gasteiger charge is -2.23. The molecule has 19 heavy (non-hydrogen) atoms. The number of benzene rings is 1. The summed E-state index contributed by atoms with van der Waals surface area (Å²) in [7, 11) is 1.73. The van der Waals surface area contributed by atoms with Crippen LogP contribution >= 0.6 is 23.2 Å². The molecule has 1 aliphatic heterocycles. The minimum Gasteiger partial charge on any atom is -0.379 e. The Hall–Kier alpha value is -0.810. The van der Waals surface area contributed by atoms with Crippen LogP contribution in [0.2, 0.25) is 10.0 Å². The van der Waals surface area contributed by atoms with E-state index >= 15 is 0 Å². The number of amides is 1.